The second-order valence-electron chi connectivity index (χ2n) is 5.88. The molecule has 5 heteroatoms. The van der Waals surface area contributed by atoms with E-state index in [0.29, 0.717) is 19.8 Å². The van der Waals surface area contributed by atoms with Gasteiger partial charge in [0.1, 0.15) is 5.75 Å². The topological polar surface area (TPSA) is 59.0 Å². The zero-order chi connectivity index (χ0) is 17.2. The standard InChI is InChI=1S/C19H25NO4/c1-2-3-4-5-13-23-17-8-6-16(7-9-17)18-15-20(12-14-24-18)11-10-19(21)22/h1,6-9,18H,3-5,10-15H2,(H,21,22)/t18-/m0/s1. The predicted octanol–water partition coefficient (Wildman–Crippen LogP) is 2.72. The lowest BCUT2D eigenvalue weighted by atomic mass is 10.1. The molecule has 0 unspecified atom stereocenters. The van der Waals surface area contributed by atoms with E-state index in [4.69, 9.17) is 21.0 Å². The van der Waals surface area contributed by atoms with E-state index in [1.165, 1.54) is 0 Å². The van der Waals surface area contributed by atoms with Crippen LogP contribution in [-0.4, -0.2) is 48.8 Å². The summed E-state index contributed by atoms with van der Waals surface area (Å²) in [7, 11) is 0. The summed E-state index contributed by atoms with van der Waals surface area (Å²) in [4.78, 5) is 12.8. The van der Waals surface area contributed by atoms with E-state index in [0.717, 1.165) is 43.7 Å². The fourth-order valence-electron chi connectivity index (χ4n) is 2.66. The Morgan fingerprint density at radius 2 is 2.17 bits per heavy atom. The summed E-state index contributed by atoms with van der Waals surface area (Å²) in [6.45, 7) is 3.36. The molecule has 2 rings (SSSR count). The van der Waals surface area contributed by atoms with Crippen LogP contribution in [0.25, 0.3) is 0 Å². The van der Waals surface area contributed by atoms with Crippen molar-refractivity contribution in [3.05, 3.63) is 29.8 Å². The minimum atomic E-state index is -0.762. The lowest BCUT2D eigenvalue weighted by Crippen LogP contribution is -2.39. The molecule has 0 saturated carbocycles. The highest BCUT2D eigenvalue weighted by atomic mass is 16.5. The van der Waals surface area contributed by atoms with Crippen molar-refractivity contribution in [3.8, 4) is 18.1 Å². The molecule has 0 aliphatic carbocycles. The van der Waals surface area contributed by atoms with E-state index in [1.807, 2.05) is 24.3 Å². The molecule has 1 aromatic carbocycles. The average Bonchev–Trinajstić information content (AvgIpc) is 2.60. The lowest BCUT2D eigenvalue weighted by molar-refractivity contribution is -0.137. The van der Waals surface area contributed by atoms with Gasteiger partial charge < -0.3 is 14.6 Å². The van der Waals surface area contributed by atoms with Crippen LogP contribution in [0.1, 0.15) is 37.4 Å². The zero-order valence-corrected chi connectivity index (χ0v) is 13.9. The van der Waals surface area contributed by atoms with Crippen LogP contribution >= 0.6 is 0 Å². The number of nitrogens with zero attached hydrogens (tertiary/aromatic N) is 1. The molecule has 1 aliphatic heterocycles. The van der Waals surface area contributed by atoms with Crippen LogP contribution in [0.3, 0.4) is 0 Å². The molecule has 0 radical (unpaired) electrons. The molecule has 1 aromatic rings. The Morgan fingerprint density at radius 1 is 1.38 bits per heavy atom. The smallest absolute Gasteiger partial charge is 0.304 e. The molecule has 1 saturated heterocycles. The maximum Gasteiger partial charge on any atom is 0.304 e. The summed E-state index contributed by atoms with van der Waals surface area (Å²) < 4.78 is 11.5. The van der Waals surface area contributed by atoms with Gasteiger partial charge in [0.2, 0.25) is 0 Å². The normalized spacial score (nSPS) is 18.0. The first kappa shape index (κ1) is 18.3. The molecule has 0 aromatic heterocycles. The average molecular weight is 331 g/mol. The van der Waals surface area contributed by atoms with Gasteiger partial charge in [-0.2, -0.15) is 0 Å². The Labute approximate surface area is 143 Å². The Kier molecular flexibility index (Phi) is 7.60. The van der Waals surface area contributed by atoms with Crippen molar-refractivity contribution in [2.24, 2.45) is 0 Å². The van der Waals surface area contributed by atoms with Gasteiger partial charge in [-0.1, -0.05) is 12.1 Å². The minimum Gasteiger partial charge on any atom is -0.494 e. The number of ether oxygens (including phenoxy) is 2. The van der Waals surface area contributed by atoms with Crippen molar-refractivity contribution in [2.45, 2.75) is 31.8 Å². The van der Waals surface area contributed by atoms with Gasteiger partial charge in [0, 0.05) is 26.1 Å². The quantitative estimate of drug-likeness (QED) is 0.557. The van der Waals surface area contributed by atoms with E-state index < -0.39 is 5.97 Å². The number of carboxylic acid groups (broad SMARTS) is 1. The van der Waals surface area contributed by atoms with Gasteiger partial charge in [-0.15, -0.1) is 12.3 Å². The molecule has 1 heterocycles. The molecule has 1 atom stereocenters. The molecular formula is C19H25NO4. The fraction of sp³-hybridized carbons (Fsp3) is 0.526. The van der Waals surface area contributed by atoms with E-state index >= 15 is 0 Å². The highest BCUT2D eigenvalue weighted by Crippen LogP contribution is 2.24. The van der Waals surface area contributed by atoms with Gasteiger partial charge in [0.15, 0.2) is 0 Å². The van der Waals surface area contributed by atoms with Crippen molar-refractivity contribution in [2.75, 3.05) is 32.8 Å². The first-order chi connectivity index (χ1) is 11.7. The molecule has 0 amide bonds. The van der Waals surface area contributed by atoms with Crippen molar-refractivity contribution >= 4 is 5.97 Å². The van der Waals surface area contributed by atoms with Gasteiger partial charge in [-0.25, -0.2) is 0 Å². The number of aliphatic carboxylic acids is 1. The third-order valence-electron chi connectivity index (χ3n) is 4.03. The highest BCUT2D eigenvalue weighted by molar-refractivity contribution is 5.66. The molecule has 0 bridgehead atoms. The maximum absolute atomic E-state index is 10.7. The number of rotatable bonds is 9. The summed E-state index contributed by atoms with van der Waals surface area (Å²) in [6.07, 6.45) is 8.10. The van der Waals surface area contributed by atoms with Crippen LogP contribution in [0.5, 0.6) is 5.75 Å². The monoisotopic (exact) mass is 331 g/mol. The van der Waals surface area contributed by atoms with Gasteiger partial charge in [-0.3, -0.25) is 9.69 Å². The highest BCUT2D eigenvalue weighted by Gasteiger charge is 2.22. The Balaban J connectivity index is 1.79. The predicted molar refractivity (Wildman–Crippen MR) is 92.0 cm³/mol. The Bertz CT molecular complexity index is 549. The second-order valence-corrected chi connectivity index (χ2v) is 5.88. The summed E-state index contributed by atoms with van der Waals surface area (Å²) >= 11 is 0. The number of morpholine rings is 1. The SMILES string of the molecule is C#CCCCCOc1ccc([C@@H]2CN(CCC(=O)O)CCO2)cc1. The number of benzene rings is 1. The molecule has 0 spiro atoms. The number of hydrogen-bond donors (Lipinski definition) is 1. The van der Waals surface area contributed by atoms with Crippen LogP contribution in [0.4, 0.5) is 0 Å². The van der Waals surface area contributed by atoms with Crippen LogP contribution < -0.4 is 4.74 Å². The van der Waals surface area contributed by atoms with Gasteiger partial charge >= 0.3 is 5.97 Å². The fourth-order valence-corrected chi connectivity index (χ4v) is 2.66. The number of unbranched alkanes of at least 4 members (excludes halogenated alkanes) is 2. The Morgan fingerprint density at radius 3 is 2.88 bits per heavy atom. The molecular weight excluding hydrogens is 306 g/mol. The molecule has 5 nitrogen and oxygen atoms in total. The van der Waals surface area contributed by atoms with Crippen molar-refractivity contribution in [1.29, 1.82) is 0 Å². The second kappa shape index (κ2) is 9.96. The van der Waals surface area contributed by atoms with Gasteiger partial charge in [-0.05, 0) is 30.5 Å². The summed E-state index contributed by atoms with van der Waals surface area (Å²) in [6, 6.07) is 7.94. The van der Waals surface area contributed by atoms with Gasteiger partial charge in [0.05, 0.1) is 25.7 Å². The van der Waals surface area contributed by atoms with E-state index in [-0.39, 0.29) is 12.5 Å². The first-order valence-corrected chi connectivity index (χ1v) is 8.41. The van der Waals surface area contributed by atoms with Crippen molar-refractivity contribution < 1.29 is 19.4 Å². The number of terminal acetylenes is 1. The number of carbonyl (C=O) groups is 1. The zero-order valence-electron chi connectivity index (χ0n) is 13.9. The maximum atomic E-state index is 10.7. The first-order valence-electron chi connectivity index (χ1n) is 8.41. The lowest BCUT2D eigenvalue weighted by Gasteiger charge is -2.32. The Hall–Kier alpha value is -2.03. The number of carboxylic acids is 1. The summed E-state index contributed by atoms with van der Waals surface area (Å²) in [5.74, 6) is 2.71. The summed E-state index contributed by atoms with van der Waals surface area (Å²) in [5, 5.41) is 8.79. The molecule has 130 valence electrons. The summed E-state index contributed by atoms with van der Waals surface area (Å²) in [5.41, 5.74) is 1.09. The molecule has 1 aliphatic rings. The minimum absolute atomic E-state index is 0.0165. The van der Waals surface area contributed by atoms with Crippen molar-refractivity contribution in [3.63, 3.8) is 0 Å². The molecule has 1 fully saturated rings. The van der Waals surface area contributed by atoms with Crippen LogP contribution in [0.2, 0.25) is 0 Å². The van der Waals surface area contributed by atoms with Crippen LogP contribution in [0, 0.1) is 12.3 Å². The largest absolute Gasteiger partial charge is 0.494 e. The molecule has 1 N–H and O–H groups in total. The molecule has 24 heavy (non-hydrogen) atoms. The number of hydrogen-bond acceptors (Lipinski definition) is 4. The van der Waals surface area contributed by atoms with Crippen LogP contribution in [-0.2, 0) is 9.53 Å². The van der Waals surface area contributed by atoms with Crippen molar-refractivity contribution in [1.82, 2.24) is 4.90 Å². The third-order valence-corrected chi connectivity index (χ3v) is 4.03. The van der Waals surface area contributed by atoms with E-state index in [9.17, 15) is 4.79 Å². The third kappa shape index (κ3) is 6.23. The van der Waals surface area contributed by atoms with E-state index in [1.54, 1.807) is 0 Å². The van der Waals surface area contributed by atoms with E-state index in [2.05, 4.69) is 10.8 Å². The van der Waals surface area contributed by atoms with Crippen LogP contribution in [0.15, 0.2) is 24.3 Å². The van der Waals surface area contributed by atoms with Gasteiger partial charge in [0.25, 0.3) is 0 Å².